The van der Waals surface area contributed by atoms with E-state index in [1.807, 2.05) is 27.7 Å². The minimum Gasteiger partial charge on any atom is -0.392 e. The molecule has 0 aliphatic heterocycles. The van der Waals surface area contributed by atoms with E-state index in [1.54, 1.807) is 6.92 Å². The minimum atomic E-state index is -3.44. The van der Waals surface area contributed by atoms with Crippen LogP contribution in [0.4, 0.5) is 0 Å². The number of sulfonamides is 1. The molecule has 0 aromatic heterocycles. The van der Waals surface area contributed by atoms with E-state index in [4.69, 9.17) is 18.0 Å². The Hall–Kier alpha value is -0.200. The predicted molar refractivity (Wildman–Crippen MR) is 76.5 cm³/mol. The lowest BCUT2D eigenvalue weighted by atomic mass is 10.2. The molecule has 0 heterocycles. The van der Waals surface area contributed by atoms with Crippen molar-refractivity contribution in [1.82, 2.24) is 4.31 Å². The van der Waals surface area contributed by atoms with E-state index < -0.39 is 15.3 Å². The second kappa shape index (κ2) is 6.66. The van der Waals surface area contributed by atoms with Gasteiger partial charge in [-0.05, 0) is 26.2 Å². The van der Waals surface area contributed by atoms with E-state index in [9.17, 15) is 8.42 Å². The molecule has 17 heavy (non-hydrogen) atoms. The second-order valence-electron chi connectivity index (χ2n) is 4.90. The number of rotatable bonds is 7. The van der Waals surface area contributed by atoms with Crippen LogP contribution in [0, 0.1) is 5.92 Å². The summed E-state index contributed by atoms with van der Waals surface area (Å²) in [5, 5.41) is -0.751. The van der Waals surface area contributed by atoms with Crippen LogP contribution in [-0.2, 0) is 10.0 Å². The lowest BCUT2D eigenvalue weighted by molar-refractivity contribution is 0.317. The van der Waals surface area contributed by atoms with E-state index in [1.165, 1.54) is 4.31 Å². The summed E-state index contributed by atoms with van der Waals surface area (Å²) < 4.78 is 26.4. The van der Waals surface area contributed by atoms with Crippen molar-refractivity contribution in [2.24, 2.45) is 11.7 Å². The fourth-order valence-corrected chi connectivity index (χ4v) is 4.36. The monoisotopic (exact) mass is 280 g/mol. The van der Waals surface area contributed by atoms with Crippen molar-refractivity contribution in [3.8, 4) is 0 Å². The maximum Gasteiger partial charge on any atom is 0.223 e. The van der Waals surface area contributed by atoms with Gasteiger partial charge in [0.15, 0.2) is 0 Å². The molecule has 1 atom stereocenters. The Balaban J connectivity index is 5.28. The Morgan fingerprint density at radius 3 is 2.00 bits per heavy atom. The van der Waals surface area contributed by atoms with Crippen LogP contribution < -0.4 is 5.73 Å². The molecule has 0 fully saturated rings. The maximum absolute atomic E-state index is 12.4. The number of hydrogen-bond acceptors (Lipinski definition) is 3. The van der Waals surface area contributed by atoms with E-state index in [2.05, 4.69) is 0 Å². The summed E-state index contributed by atoms with van der Waals surface area (Å²) in [6.45, 7) is 10.0. The molecule has 0 spiro atoms. The normalized spacial score (nSPS) is 14.6. The zero-order valence-corrected chi connectivity index (χ0v) is 12.9. The highest BCUT2D eigenvalue weighted by Crippen LogP contribution is 2.18. The van der Waals surface area contributed by atoms with Crippen molar-refractivity contribution in [1.29, 1.82) is 0 Å². The molecule has 102 valence electrons. The van der Waals surface area contributed by atoms with Crippen molar-refractivity contribution in [3.05, 3.63) is 0 Å². The first kappa shape index (κ1) is 16.8. The summed E-state index contributed by atoms with van der Waals surface area (Å²) in [5.41, 5.74) is 5.53. The van der Waals surface area contributed by atoms with Gasteiger partial charge in [-0.2, -0.15) is 4.31 Å². The summed E-state index contributed by atoms with van der Waals surface area (Å²) in [6, 6.07) is -0.0780. The average molecular weight is 280 g/mol. The lowest BCUT2D eigenvalue weighted by Crippen LogP contribution is -2.48. The van der Waals surface area contributed by atoms with Crippen LogP contribution >= 0.6 is 12.2 Å². The highest BCUT2D eigenvalue weighted by molar-refractivity contribution is 7.92. The SMILES string of the molecule is CCC(C(N)=S)S(=O)(=O)N(CC(C)C)C(C)C. The minimum absolute atomic E-state index is 0.0573. The third-order valence-corrected chi connectivity index (χ3v) is 5.46. The number of hydrogen-bond donors (Lipinski definition) is 1. The van der Waals surface area contributed by atoms with Crippen LogP contribution in [0.3, 0.4) is 0 Å². The Morgan fingerprint density at radius 1 is 1.29 bits per heavy atom. The first-order chi connectivity index (χ1) is 7.64. The van der Waals surface area contributed by atoms with Crippen LogP contribution in [0.2, 0.25) is 0 Å². The Bertz CT molecular complexity index is 350. The quantitative estimate of drug-likeness (QED) is 0.722. The number of nitrogens with zero attached hydrogens (tertiary/aromatic N) is 1. The average Bonchev–Trinajstić information content (AvgIpc) is 2.12. The van der Waals surface area contributed by atoms with Gasteiger partial charge in [-0.25, -0.2) is 8.42 Å². The molecule has 0 bridgehead atoms. The third kappa shape index (κ3) is 4.52. The molecule has 0 aromatic carbocycles. The molecule has 6 heteroatoms. The first-order valence-corrected chi connectivity index (χ1v) is 7.85. The molecule has 0 radical (unpaired) electrons. The summed E-state index contributed by atoms with van der Waals surface area (Å²) in [5.74, 6) is 0.274. The van der Waals surface area contributed by atoms with Gasteiger partial charge in [0.05, 0.1) is 4.99 Å². The fraction of sp³-hybridized carbons (Fsp3) is 0.909. The van der Waals surface area contributed by atoms with Gasteiger partial charge in [0.25, 0.3) is 0 Å². The molecule has 4 nitrogen and oxygen atoms in total. The van der Waals surface area contributed by atoms with Gasteiger partial charge >= 0.3 is 0 Å². The molecule has 1 unspecified atom stereocenters. The lowest BCUT2D eigenvalue weighted by Gasteiger charge is -2.30. The zero-order valence-electron chi connectivity index (χ0n) is 11.3. The topological polar surface area (TPSA) is 63.4 Å². The molecule has 0 aliphatic rings. The van der Waals surface area contributed by atoms with Crippen LogP contribution in [0.15, 0.2) is 0 Å². The van der Waals surface area contributed by atoms with Gasteiger partial charge < -0.3 is 5.73 Å². The summed E-state index contributed by atoms with van der Waals surface area (Å²) in [6.07, 6.45) is 0.416. The molecule has 0 saturated heterocycles. The molecular weight excluding hydrogens is 256 g/mol. The standard InChI is InChI=1S/C11H24N2O2S2/c1-6-10(11(12)16)17(14,15)13(9(4)5)7-8(2)3/h8-10H,6-7H2,1-5H3,(H2,12,16). The summed E-state index contributed by atoms with van der Waals surface area (Å²) in [7, 11) is -3.44. The van der Waals surface area contributed by atoms with Crippen LogP contribution in [0.1, 0.15) is 41.0 Å². The van der Waals surface area contributed by atoms with Crippen LogP contribution in [0.5, 0.6) is 0 Å². The van der Waals surface area contributed by atoms with Crippen LogP contribution in [-0.4, -0.2) is 35.5 Å². The largest absolute Gasteiger partial charge is 0.392 e. The number of nitrogens with two attached hydrogens (primary N) is 1. The first-order valence-electron chi connectivity index (χ1n) is 5.94. The van der Waals surface area contributed by atoms with Crippen molar-refractivity contribution >= 4 is 27.2 Å². The highest BCUT2D eigenvalue weighted by Gasteiger charge is 2.34. The Morgan fingerprint density at radius 2 is 1.76 bits per heavy atom. The molecule has 2 N–H and O–H groups in total. The van der Waals surface area contributed by atoms with Gasteiger partial charge in [0.1, 0.15) is 5.25 Å². The van der Waals surface area contributed by atoms with E-state index in [-0.39, 0.29) is 16.9 Å². The Kier molecular flexibility index (Phi) is 6.58. The Labute approximate surface area is 111 Å². The van der Waals surface area contributed by atoms with Gasteiger partial charge in [-0.15, -0.1) is 0 Å². The summed E-state index contributed by atoms with van der Waals surface area (Å²) in [4.78, 5) is 0.0573. The van der Waals surface area contributed by atoms with Crippen molar-refractivity contribution in [3.63, 3.8) is 0 Å². The van der Waals surface area contributed by atoms with Gasteiger partial charge in [-0.1, -0.05) is 33.0 Å². The molecule has 0 saturated carbocycles. The molecule has 0 aromatic rings. The third-order valence-electron chi connectivity index (χ3n) is 2.50. The molecule has 0 rings (SSSR count). The number of thiocarbonyl (C=S) groups is 1. The smallest absolute Gasteiger partial charge is 0.223 e. The van der Waals surface area contributed by atoms with Crippen molar-refractivity contribution in [2.75, 3.05) is 6.54 Å². The second-order valence-corrected chi connectivity index (χ2v) is 7.44. The highest BCUT2D eigenvalue weighted by atomic mass is 32.2. The van der Waals surface area contributed by atoms with Gasteiger partial charge in [0, 0.05) is 12.6 Å². The van der Waals surface area contributed by atoms with E-state index in [0.717, 1.165) is 0 Å². The molecular formula is C11H24N2O2S2. The summed E-state index contributed by atoms with van der Waals surface area (Å²) >= 11 is 4.86. The van der Waals surface area contributed by atoms with E-state index >= 15 is 0 Å². The van der Waals surface area contributed by atoms with Crippen molar-refractivity contribution < 1.29 is 8.42 Å². The molecule has 0 aliphatic carbocycles. The van der Waals surface area contributed by atoms with Crippen molar-refractivity contribution in [2.45, 2.75) is 52.3 Å². The fourth-order valence-electron chi connectivity index (χ4n) is 1.69. The predicted octanol–water partition coefficient (Wildman–Crippen LogP) is 1.75. The van der Waals surface area contributed by atoms with Gasteiger partial charge in [0.2, 0.25) is 10.0 Å². The zero-order chi connectivity index (χ0) is 13.8. The molecule has 0 amide bonds. The maximum atomic E-state index is 12.4. The van der Waals surface area contributed by atoms with E-state index in [0.29, 0.717) is 13.0 Å². The van der Waals surface area contributed by atoms with Crippen LogP contribution in [0.25, 0.3) is 0 Å². The van der Waals surface area contributed by atoms with Gasteiger partial charge in [-0.3, -0.25) is 0 Å².